The van der Waals surface area contributed by atoms with Crippen LogP contribution in [0.5, 0.6) is 23.0 Å². The van der Waals surface area contributed by atoms with Crippen molar-refractivity contribution in [3.63, 3.8) is 0 Å². The van der Waals surface area contributed by atoms with Crippen molar-refractivity contribution in [2.75, 3.05) is 33.8 Å². The third kappa shape index (κ3) is 3.35. The summed E-state index contributed by atoms with van der Waals surface area (Å²) >= 11 is 0. The molecule has 184 valence electrons. The van der Waals surface area contributed by atoms with Crippen LogP contribution >= 0.6 is 0 Å². The number of nitrogens with one attached hydrogen (secondary N) is 1. The number of anilines is 1. The molecule has 3 aromatic rings. The van der Waals surface area contributed by atoms with Gasteiger partial charge in [-0.25, -0.2) is 0 Å². The first-order valence-corrected chi connectivity index (χ1v) is 11.1. The summed E-state index contributed by atoms with van der Waals surface area (Å²) < 4.78 is 21.7. The topological polar surface area (TPSA) is 105 Å². The van der Waals surface area contributed by atoms with E-state index in [-0.39, 0.29) is 11.3 Å². The fraction of sp³-hybridized carbons (Fsp3) is 0.222. The van der Waals surface area contributed by atoms with Crippen LogP contribution in [0.3, 0.4) is 0 Å². The lowest BCUT2D eigenvalue weighted by Crippen LogP contribution is -2.46. The van der Waals surface area contributed by atoms with Gasteiger partial charge >= 0.3 is 0 Å². The molecule has 1 spiro atoms. The molecule has 0 unspecified atom stereocenters. The Morgan fingerprint density at radius 3 is 2.25 bits per heavy atom. The number of para-hydroxylation sites is 1. The summed E-state index contributed by atoms with van der Waals surface area (Å²) in [6, 6.07) is 17.1. The molecular weight excluding hydrogens is 464 g/mol. The SMILES string of the molecule is COc1ccc(C(=O)[C@@H]2C(c3ccc(OC)cc3OC)=NO[C@@]23C(=O)Nc2ccccc23)c(OC)c1. The van der Waals surface area contributed by atoms with E-state index in [4.69, 9.17) is 23.8 Å². The van der Waals surface area contributed by atoms with Crippen molar-refractivity contribution in [3.8, 4) is 23.0 Å². The smallest absolute Gasteiger partial charge is 0.277 e. The Hall–Kier alpha value is -4.53. The van der Waals surface area contributed by atoms with Crippen molar-refractivity contribution in [2.45, 2.75) is 5.60 Å². The third-order valence-corrected chi connectivity index (χ3v) is 6.50. The normalized spacial score (nSPS) is 19.7. The van der Waals surface area contributed by atoms with Crippen LogP contribution in [0.25, 0.3) is 0 Å². The fourth-order valence-electron chi connectivity index (χ4n) is 4.73. The summed E-state index contributed by atoms with van der Waals surface area (Å²) in [5.41, 5.74) is 0.374. The highest BCUT2D eigenvalue weighted by Gasteiger charge is 2.63. The van der Waals surface area contributed by atoms with Crippen molar-refractivity contribution < 1.29 is 33.4 Å². The molecule has 9 heteroatoms. The highest BCUT2D eigenvalue weighted by atomic mass is 16.7. The van der Waals surface area contributed by atoms with Gasteiger partial charge in [0, 0.05) is 28.9 Å². The van der Waals surface area contributed by atoms with Crippen LogP contribution in [-0.2, 0) is 15.2 Å². The molecule has 1 amide bonds. The van der Waals surface area contributed by atoms with Gasteiger partial charge in [-0.1, -0.05) is 23.4 Å². The molecule has 5 rings (SSSR count). The quantitative estimate of drug-likeness (QED) is 0.505. The predicted octanol–water partition coefficient (Wildman–Crippen LogP) is 3.80. The third-order valence-electron chi connectivity index (χ3n) is 6.50. The Kier molecular flexibility index (Phi) is 5.75. The lowest BCUT2D eigenvalue weighted by Gasteiger charge is -2.27. The molecule has 0 fully saturated rings. The number of hydrogen-bond donors (Lipinski definition) is 1. The van der Waals surface area contributed by atoms with Gasteiger partial charge in [-0.05, 0) is 30.3 Å². The maximum atomic E-state index is 14.3. The van der Waals surface area contributed by atoms with E-state index in [1.807, 2.05) is 0 Å². The number of hydrogen-bond acceptors (Lipinski definition) is 8. The summed E-state index contributed by atoms with van der Waals surface area (Å²) in [6.45, 7) is 0. The number of benzene rings is 3. The van der Waals surface area contributed by atoms with Gasteiger partial charge < -0.3 is 29.1 Å². The van der Waals surface area contributed by atoms with Crippen molar-refractivity contribution in [1.82, 2.24) is 0 Å². The zero-order valence-corrected chi connectivity index (χ0v) is 20.2. The summed E-state index contributed by atoms with van der Waals surface area (Å²) in [7, 11) is 6.04. The summed E-state index contributed by atoms with van der Waals surface area (Å²) in [6.07, 6.45) is 0. The molecule has 0 saturated carbocycles. The highest BCUT2D eigenvalue weighted by molar-refractivity contribution is 6.25. The van der Waals surface area contributed by atoms with Gasteiger partial charge in [0.2, 0.25) is 0 Å². The Balaban J connectivity index is 1.72. The van der Waals surface area contributed by atoms with E-state index in [1.54, 1.807) is 67.8 Å². The van der Waals surface area contributed by atoms with Gasteiger partial charge in [0.1, 0.15) is 34.6 Å². The zero-order chi connectivity index (χ0) is 25.4. The van der Waals surface area contributed by atoms with E-state index in [0.29, 0.717) is 39.8 Å². The lowest BCUT2D eigenvalue weighted by atomic mass is 9.74. The number of Topliss-reactive ketones (excluding diaryl/α,β-unsaturated/α-hetero) is 1. The number of methoxy groups -OCH3 is 4. The Morgan fingerprint density at radius 1 is 0.889 bits per heavy atom. The van der Waals surface area contributed by atoms with E-state index in [9.17, 15) is 9.59 Å². The first-order valence-electron chi connectivity index (χ1n) is 11.1. The molecule has 2 aliphatic heterocycles. The summed E-state index contributed by atoms with van der Waals surface area (Å²) in [4.78, 5) is 33.8. The fourth-order valence-corrected chi connectivity index (χ4v) is 4.73. The number of ketones is 1. The van der Waals surface area contributed by atoms with Gasteiger partial charge in [-0.3, -0.25) is 9.59 Å². The van der Waals surface area contributed by atoms with E-state index in [1.165, 1.54) is 21.3 Å². The second-order valence-electron chi connectivity index (χ2n) is 8.23. The Labute approximate surface area is 207 Å². The van der Waals surface area contributed by atoms with Crippen LogP contribution in [0.2, 0.25) is 0 Å². The second kappa shape index (κ2) is 8.92. The van der Waals surface area contributed by atoms with Gasteiger partial charge in [0.15, 0.2) is 5.78 Å². The van der Waals surface area contributed by atoms with Crippen LogP contribution in [-0.4, -0.2) is 45.8 Å². The maximum absolute atomic E-state index is 14.3. The Bertz CT molecular complexity index is 1400. The number of fused-ring (bicyclic) bond motifs is 2. The summed E-state index contributed by atoms with van der Waals surface area (Å²) in [5, 5.41) is 7.16. The first-order chi connectivity index (χ1) is 17.5. The molecule has 36 heavy (non-hydrogen) atoms. The largest absolute Gasteiger partial charge is 0.497 e. The summed E-state index contributed by atoms with van der Waals surface area (Å²) in [5.74, 6) is -0.236. The molecule has 1 N–H and O–H groups in total. The van der Waals surface area contributed by atoms with Gasteiger partial charge in [0.25, 0.3) is 11.5 Å². The molecule has 2 aliphatic rings. The van der Waals surface area contributed by atoms with Gasteiger partial charge in [-0.15, -0.1) is 0 Å². The molecule has 2 atom stereocenters. The average Bonchev–Trinajstić information content (AvgIpc) is 3.45. The maximum Gasteiger partial charge on any atom is 0.277 e. The second-order valence-corrected chi connectivity index (χ2v) is 8.23. The van der Waals surface area contributed by atoms with Gasteiger partial charge in [0.05, 0.1) is 34.0 Å². The molecule has 0 bridgehead atoms. The molecule has 9 nitrogen and oxygen atoms in total. The molecule has 0 aromatic heterocycles. The molecule has 0 radical (unpaired) electrons. The Morgan fingerprint density at radius 2 is 1.56 bits per heavy atom. The van der Waals surface area contributed by atoms with E-state index in [0.717, 1.165) is 0 Å². The predicted molar refractivity (Wildman–Crippen MR) is 131 cm³/mol. The van der Waals surface area contributed by atoms with Crippen LogP contribution in [0.1, 0.15) is 21.5 Å². The zero-order valence-electron chi connectivity index (χ0n) is 20.2. The molecular formula is C27H24N2O7. The average molecular weight is 488 g/mol. The van der Waals surface area contributed by atoms with E-state index in [2.05, 4.69) is 10.5 Å². The van der Waals surface area contributed by atoms with Crippen LogP contribution in [0.4, 0.5) is 5.69 Å². The number of nitrogens with zero attached hydrogens (tertiary/aromatic N) is 1. The highest BCUT2D eigenvalue weighted by Crippen LogP contribution is 2.51. The van der Waals surface area contributed by atoms with Crippen LogP contribution < -0.4 is 24.3 Å². The van der Waals surface area contributed by atoms with Crippen molar-refractivity contribution in [3.05, 3.63) is 77.4 Å². The standard InChI is InChI=1S/C27H24N2O7/c1-32-15-9-11-17(21(13-15)34-3)24-23(25(30)18-12-10-16(33-2)14-22(18)35-4)27(36-29-24)19-7-5-6-8-20(19)28-26(27)31/h5-14,23H,1-4H3,(H,28,31)/t23-,27+/m0/s1. The molecule has 2 heterocycles. The van der Waals surface area contributed by atoms with Crippen LogP contribution in [0, 0.1) is 5.92 Å². The van der Waals surface area contributed by atoms with Crippen molar-refractivity contribution >= 4 is 23.1 Å². The monoisotopic (exact) mass is 488 g/mol. The molecule has 0 saturated heterocycles. The number of ether oxygens (including phenoxy) is 4. The number of amides is 1. The van der Waals surface area contributed by atoms with E-state index < -0.39 is 23.2 Å². The minimum absolute atomic E-state index is 0.254. The minimum Gasteiger partial charge on any atom is -0.497 e. The van der Waals surface area contributed by atoms with Gasteiger partial charge in [-0.2, -0.15) is 0 Å². The minimum atomic E-state index is -1.71. The van der Waals surface area contributed by atoms with Crippen molar-refractivity contribution in [1.29, 1.82) is 0 Å². The number of rotatable bonds is 7. The number of oxime groups is 1. The lowest BCUT2D eigenvalue weighted by molar-refractivity contribution is -0.140. The number of carbonyl (C=O) groups is 2. The molecule has 3 aromatic carbocycles. The molecule has 0 aliphatic carbocycles. The van der Waals surface area contributed by atoms with E-state index >= 15 is 0 Å². The van der Waals surface area contributed by atoms with Crippen molar-refractivity contribution in [2.24, 2.45) is 11.1 Å². The van der Waals surface area contributed by atoms with Crippen LogP contribution in [0.15, 0.2) is 65.8 Å². The first kappa shape index (κ1) is 23.2. The number of carbonyl (C=O) groups excluding carboxylic acids is 2.